The molecule has 0 radical (unpaired) electrons. The number of aromatic nitrogens is 1. The van der Waals surface area contributed by atoms with Gasteiger partial charge in [0.1, 0.15) is 0 Å². The Morgan fingerprint density at radius 3 is 2.92 bits per heavy atom. The molecular formula is C20H31N3O. The van der Waals surface area contributed by atoms with Crippen LogP contribution >= 0.6 is 0 Å². The van der Waals surface area contributed by atoms with E-state index in [0.29, 0.717) is 24.4 Å². The molecule has 1 saturated heterocycles. The van der Waals surface area contributed by atoms with Gasteiger partial charge in [0, 0.05) is 18.7 Å². The van der Waals surface area contributed by atoms with Gasteiger partial charge in [0.05, 0.1) is 12.2 Å². The number of pyridine rings is 1. The molecule has 4 heteroatoms. The third kappa shape index (κ3) is 4.79. The molecule has 4 nitrogen and oxygen atoms in total. The fourth-order valence-corrected chi connectivity index (χ4v) is 4.27. The Kier molecular flexibility index (Phi) is 6.24. The lowest BCUT2D eigenvalue weighted by molar-refractivity contribution is -0.135. The predicted molar refractivity (Wildman–Crippen MR) is 96.4 cm³/mol. The number of carbonyl (C=O) groups is 1. The molecule has 2 fully saturated rings. The Balaban J connectivity index is 1.69. The fourth-order valence-electron chi connectivity index (χ4n) is 4.27. The Bertz CT molecular complexity index is 511. The van der Waals surface area contributed by atoms with E-state index in [1.807, 2.05) is 24.4 Å². The zero-order chi connectivity index (χ0) is 16.8. The molecule has 1 aliphatic heterocycles. The Morgan fingerprint density at radius 1 is 1.25 bits per heavy atom. The van der Waals surface area contributed by atoms with Crippen LogP contribution in [-0.2, 0) is 11.3 Å². The minimum atomic E-state index is 0.339. The van der Waals surface area contributed by atoms with Gasteiger partial charge in [0.15, 0.2) is 0 Å². The third-order valence-corrected chi connectivity index (χ3v) is 5.63. The van der Waals surface area contributed by atoms with E-state index < -0.39 is 0 Å². The lowest BCUT2D eigenvalue weighted by Gasteiger charge is -2.32. The van der Waals surface area contributed by atoms with Gasteiger partial charge in [-0.15, -0.1) is 0 Å². The van der Waals surface area contributed by atoms with Crippen LogP contribution in [0.15, 0.2) is 24.4 Å². The van der Waals surface area contributed by atoms with Gasteiger partial charge in [-0.1, -0.05) is 19.4 Å². The summed E-state index contributed by atoms with van der Waals surface area (Å²) in [5.41, 5.74) is 1.00. The summed E-state index contributed by atoms with van der Waals surface area (Å²) in [5, 5.41) is 3.46. The van der Waals surface area contributed by atoms with Crippen molar-refractivity contribution in [2.75, 3.05) is 13.1 Å². The van der Waals surface area contributed by atoms with Crippen LogP contribution in [0.1, 0.15) is 57.6 Å². The molecule has 132 valence electrons. The SMILES string of the molecule is CC1CCC(CC(=O)N(Cc2ccccn2)C2CCCNCC2)C1. The summed E-state index contributed by atoms with van der Waals surface area (Å²) < 4.78 is 0. The quantitative estimate of drug-likeness (QED) is 0.901. The maximum atomic E-state index is 13.1. The molecule has 0 bridgehead atoms. The number of amides is 1. The second-order valence-electron chi connectivity index (χ2n) is 7.67. The monoisotopic (exact) mass is 329 g/mol. The Morgan fingerprint density at radius 2 is 2.17 bits per heavy atom. The van der Waals surface area contributed by atoms with Crippen LogP contribution in [0.4, 0.5) is 0 Å². The van der Waals surface area contributed by atoms with E-state index in [2.05, 4.69) is 22.1 Å². The van der Waals surface area contributed by atoms with Gasteiger partial charge in [0.2, 0.25) is 5.91 Å². The number of carbonyl (C=O) groups excluding carboxylic acids is 1. The third-order valence-electron chi connectivity index (χ3n) is 5.63. The highest BCUT2D eigenvalue weighted by Crippen LogP contribution is 2.33. The topological polar surface area (TPSA) is 45.2 Å². The average Bonchev–Trinajstić information content (AvgIpc) is 2.84. The molecule has 0 aromatic carbocycles. The molecule has 1 saturated carbocycles. The highest BCUT2D eigenvalue weighted by molar-refractivity contribution is 5.76. The standard InChI is InChI=1S/C20H31N3O/c1-16-7-8-17(13-16)14-20(24)23(15-18-5-2-3-11-22-18)19-6-4-10-21-12-9-19/h2-3,5,11,16-17,19,21H,4,6-10,12-15H2,1H3. The van der Waals surface area contributed by atoms with E-state index in [-0.39, 0.29) is 0 Å². The average molecular weight is 329 g/mol. The van der Waals surface area contributed by atoms with E-state index in [4.69, 9.17) is 0 Å². The zero-order valence-corrected chi connectivity index (χ0v) is 14.9. The van der Waals surface area contributed by atoms with Gasteiger partial charge in [-0.25, -0.2) is 0 Å². The first-order chi connectivity index (χ1) is 11.7. The maximum Gasteiger partial charge on any atom is 0.223 e. The van der Waals surface area contributed by atoms with E-state index in [1.165, 1.54) is 19.3 Å². The summed E-state index contributed by atoms with van der Waals surface area (Å²) >= 11 is 0. The highest BCUT2D eigenvalue weighted by Gasteiger charge is 2.29. The molecule has 1 amide bonds. The van der Waals surface area contributed by atoms with Crippen molar-refractivity contribution in [3.63, 3.8) is 0 Å². The minimum Gasteiger partial charge on any atom is -0.334 e. The van der Waals surface area contributed by atoms with E-state index >= 15 is 0 Å². The number of hydrogen-bond acceptors (Lipinski definition) is 3. The van der Waals surface area contributed by atoms with Gasteiger partial charge in [-0.05, 0) is 69.2 Å². The first kappa shape index (κ1) is 17.4. The lowest BCUT2D eigenvalue weighted by atomic mass is 9.99. The molecule has 2 aliphatic rings. The molecular weight excluding hydrogens is 298 g/mol. The van der Waals surface area contributed by atoms with Crippen LogP contribution in [-0.4, -0.2) is 34.9 Å². The molecule has 3 rings (SSSR count). The van der Waals surface area contributed by atoms with E-state index in [9.17, 15) is 4.79 Å². The molecule has 2 heterocycles. The summed E-state index contributed by atoms with van der Waals surface area (Å²) in [6, 6.07) is 6.34. The Labute approximate surface area is 146 Å². The minimum absolute atomic E-state index is 0.339. The summed E-state index contributed by atoms with van der Waals surface area (Å²) in [6.07, 6.45) is 9.58. The fraction of sp³-hybridized carbons (Fsp3) is 0.700. The number of rotatable bonds is 5. The largest absolute Gasteiger partial charge is 0.334 e. The number of nitrogens with zero attached hydrogens (tertiary/aromatic N) is 2. The van der Waals surface area contributed by atoms with Gasteiger partial charge >= 0.3 is 0 Å². The smallest absolute Gasteiger partial charge is 0.223 e. The molecule has 0 spiro atoms. The second-order valence-corrected chi connectivity index (χ2v) is 7.67. The first-order valence-corrected chi connectivity index (χ1v) is 9.62. The van der Waals surface area contributed by atoms with Gasteiger partial charge < -0.3 is 10.2 Å². The molecule has 1 aliphatic carbocycles. The van der Waals surface area contributed by atoms with Crippen molar-refractivity contribution < 1.29 is 4.79 Å². The summed E-state index contributed by atoms with van der Waals surface area (Å²) in [7, 11) is 0. The van der Waals surface area contributed by atoms with Crippen LogP contribution in [0, 0.1) is 11.8 Å². The molecule has 1 aromatic heterocycles. The maximum absolute atomic E-state index is 13.1. The van der Waals surface area contributed by atoms with E-state index in [1.54, 1.807) is 0 Å². The van der Waals surface area contributed by atoms with Gasteiger partial charge in [-0.2, -0.15) is 0 Å². The summed E-state index contributed by atoms with van der Waals surface area (Å²) in [5.74, 6) is 1.71. The molecule has 24 heavy (non-hydrogen) atoms. The van der Waals surface area contributed by atoms with Crippen molar-refractivity contribution in [1.29, 1.82) is 0 Å². The van der Waals surface area contributed by atoms with Gasteiger partial charge in [0.25, 0.3) is 0 Å². The van der Waals surface area contributed by atoms with Crippen molar-refractivity contribution in [3.05, 3.63) is 30.1 Å². The van der Waals surface area contributed by atoms with Crippen molar-refractivity contribution in [1.82, 2.24) is 15.2 Å². The van der Waals surface area contributed by atoms with Gasteiger partial charge in [-0.3, -0.25) is 9.78 Å². The number of hydrogen-bond donors (Lipinski definition) is 1. The molecule has 3 atom stereocenters. The first-order valence-electron chi connectivity index (χ1n) is 9.62. The van der Waals surface area contributed by atoms with Crippen molar-refractivity contribution in [2.24, 2.45) is 11.8 Å². The van der Waals surface area contributed by atoms with Crippen LogP contribution in [0.5, 0.6) is 0 Å². The zero-order valence-electron chi connectivity index (χ0n) is 14.9. The van der Waals surface area contributed by atoms with Crippen molar-refractivity contribution in [3.8, 4) is 0 Å². The molecule has 1 N–H and O–H groups in total. The van der Waals surface area contributed by atoms with Crippen molar-refractivity contribution >= 4 is 5.91 Å². The highest BCUT2D eigenvalue weighted by atomic mass is 16.2. The van der Waals surface area contributed by atoms with Crippen LogP contribution < -0.4 is 5.32 Å². The van der Waals surface area contributed by atoms with Crippen molar-refractivity contribution in [2.45, 2.75) is 64.5 Å². The second kappa shape index (κ2) is 8.61. The normalized spacial score (nSPS) is 27.6. The molecule has 3 unspecified atom stereocenters. The van der Waals surface area contributed by atoms with Crippen LogP contribution in [0.25, 0.3) is 0 Å². The van der Waals surface area contributed by atoms with E-state index in [0.717, 1.165) is 50.4 Å². The summed E-state index contributed by atoms with van der Waals surface area (Å²) in [6.45, 7) is 5.05. The Hall–Kier alpha value is -1.42. The number of nitrogens with one attached hydrogen (secondary N) is 1. The van der Waals surface area contributed by atoms with Crippen LogP contribution in [0.2, 0.25) is 0 Å². The molecule has 1 aromatic rings. The predicted octanol–water partition coefficient (Wildman–Crippen LogP) is 3.38. The van der Waals surface area contributed by atoms with Crippen LogP contribution in [0.3, 0.4) is 0 Å². The summed E-state index contributed by atoms with van der Waals surface area (Å²) in [4.78, 5) is 19.7. The lowest BCUT2D eigenvalue weighted by Crippen LogP contribution is -2.41.